The van der Waals surface area contributed by atoms with Gasteiger partial charge in [-0.2, -0.15) is 0 Å². The first kappa shape index (κ1) is 29.8. The maximum absolute atomic E-state index is 16.4. The molecular formula is C31H34ClF2N5O3. The maximum Gasteiger partial charge on any atom is 0.159 e. The second-order valence-electron chi connectivity index (χ2n) is 10.1. The van der Waals surface area contributed by atoms with Crippen molar-refractivity contribution < 1.29 is 23.0 Å². The Balaban J connectivity index is 1.50. The van der Waals surface area contributed by atoms with Crippen LogP contribution in [-0.4, -0.2) is 76.0 Å². The van der Waals surface area contributed by atoms with Gasteiger partial charge in [0.2, 0.25) is 0 Å². The largest absolute Gasteiger partial charge is 0.497 e. The minimum absolute atomic E-state index is 0.0409. The predicted octanol–water partition coefficient (Wildman–Crippen LogP) is 5.34. The van der Waals surface area contributed by atoms with Crippen LogP contribution in [0.2, 0.25) is 5.02 Å². The van der Waals surface area contributed by atoms with Crippen LogP contribution in [0, 0.1) is 11.6 Å². The predicted molar refractivity (Wildman–Crippen MR) is 161 cm³/mol. The minimum atomic E-state index is -0.712. The summed E-state index contributed by atoms with van der Waals surface area (Å²) in [7, 11) is 6.70. The summed E-state index contributed by atoms with van der Waals surface area (Å²) in [5, 5.41) is 3.94. The van der Waals surface area contributed by atoms with E-state index in [4.69, 9.17) is 30.8 Å². The Morgan fingerprint density at radius 3 is 2.38 bits per heavy atom. The van der Waals surface area contributed by atoms with Crippen molar-refractivity contribution in [3.63, 3.8) is 0 Å². The Hall–Kier alpha value is -3.73. The number of anilines is 1. The molecule has 42 heavy (non-hydrogen) atoms. The quantitative estimate of drug-likeness (QED) is 0.246. The Morgan fingerprint density at radius 1 is 0.905 bits per heavy atom. The summed E-state index contributed by atoms with van der Waals surface area (Å²) in [5.74, 6) is 1.35. The Bertz CT molecular complexity index is 1580. The average molecular weight is 598 g/mol. The number of methoxy groups -OCH3 is 3. The second-order valence-corrected chi connectivity index (χ2v) is 10.5. The van der Waals surface area contributed by atoms with Gasteiger partial charge >= 0.3 is 0 Å². The molecule has 1 aliphatic rings. The van der Waals surface area contributed by atoms with Gasteiger partial charge in [0.25, 0.3) is 0 Å². The molecule has 222 valence electrons. The van der Waals surface area contributed by atoms with Gasteiger partial charge in [0.1, 0.15) is 40.2 Å². The van der Waals surface area contributed by atoms with Gasteiger partial charge in [-0.3, -0.25) is 0 Å². The van der Waals surface area contributed by atoms with Crippen LogP contribution in [0.5, 0.6) is 17.2 Å². The third kappa shape index (κ3) is 6.06. The Kier molecular flexibility index (Phi) is 9.25. The topological polar surface area (TPSA) is 72.0 Å². The van der Waals surface area contributed by atoms with E-state index in [-0.39, 0.29) is 27.4 Å². The number of hydrogen-bond donors (Lipinski definition) is 1. The summed E-state index contributed by atoms with van der Waals surface area (Å²) in [6.45, 7) is 4.21. The van der Waals surface area contributed by atoms with Crippen molar-refractivity contribution in [2.24, 2.45) is 0 Å². The zero-order valence-electron chi connectivity index (χ0n) is 24.1. The Labute approximate surface area is 249 Å². The fraction of sp³-hybridized carbons (Fsp3) is 0.355. The summed E-state index contributed by atoms with van der Waals surface area (Å²) >= 11 is 6.65. The molecule has 1 aromatic heterocycles. The molecule has 0 aliphatic carbocycles. The van der Waals surface area contributed by atoms with E-state index < -0.39 is 11.6 Å². The number of halogens is 3. The van der Waals surface area contributed by atoms with E-state index in [2.05, 4.69) is 27.1 Å². The van der Waals surface area contributed by atoms with Crippen molar-refractivity contribution in [1.29, 1.82) is 0 Å². The van der Waals surface area contributed by atoms with Gasteiger partial charge < -0.3 is 29.3 Å². The summed E-state index contributed by atoms with van der Waals surface area (Å²) < 4.78 is 47.6. The molecule has 4 aromatic rings. The van der Waals surface area contributed by atoms with E-state index in [1.165, 1.54) is 19.2 Å². The van der Waals surface area contributed by atoms with Gasteiger partial charge in [0, 0.05) is 68.3 Å². The van der Waals surface area contributed by atoms with Crippen LogP contribution in [0.1, 0.15) is 11.4 Å². The Morgan fingerprint density at radius 2 is 1.67 bits per heavy atom. The van der Waals surface area contributed by atoms with Gasteiger partial charge in [0.15, 0.2) is 5.82 Å². The number of likely N-dealkylation sites (N-methyl/N-ethyl adjacent to an activating group) is 1. The van der Waals surface area contributed by atoms with Crippen LogP contribution in [0.3, 0.4) is 0 Å². The molecule has 1 aliphatic heterocycles. The molecule has 0 spiro atoms. The van der Waals surface area contributed by atoms with Gasteiger partial charge in [-0.25, -0.2) is 18.7 Å². The SMILES string of the molecule is COc1ccc(CNCCc2nc(N3CCN(C)CC3)c3cc(Cl)c(-c4c(F)cccc4OC)c(F)c3n2)c(OC)c1. The van der Waals surface area contributed by atoms with Crippen LogP contribution in [0.15, 0.2) is 42.5 Å². The summed E-state index contributed by atoms with van der Waals surface area (Å²) in [6, 6.07) is 11.6. The standard InChI is InChI=1S/C31H34ClF2N5O3/c1-38-12-14-39(15-13-38)31-21-17-22(32)27(28-23(33)6-5-7-24(28)41-3)29(34)30(21)36-26(37-31)10-11-35-18-19-8-9-20(40-2)16-25(19)42-4/h5-9,16-17,35H,10-15,18H2,1-4H3. The van der Waals surface area contributed by atoms with Gasteiger partial charge in [0.05, 0.1) is 31.9 Å². The van der Waals surface area contributed by atoms with Crippen molar-refractivity contribution >= 4 is 28.3 Å². The monoisotopic (exact) mass is 597 g/mol. The highest BCUT2D eigenvalue weighted by Crippen LogP contribution is 2.42. The molecule has 11 heteroatoms. The number of rotatable bonds is 10. The van der Waals surface area contributed by atoms with Crippen molar-refractivity contribution in [2.45, 2.75) is 13.0 Å². The lowest BCUT2D eigenvalue weighted by Gasteiger charge is -2.34. The van der Waals surface area contributed by atoms with Crippen molar-refractivity contribution in [1.82, 2.24) is 20.2 Å². The van der Waals surface area contributed by atoms with Gasteiger partial charge in [-0.1, -0.05) is 23.7 Å². The number of piperazine rings is 1. The van der Waals surface area contributed by atoms with Gasteiger partial charge in [-0.15, -0.1) is 0 Å². The molecule has 1 saturated heterocycles. The zero-order valence-corrected chi connectivity index (χ0v) is 24.9. The lowest BCUT2D eigenvalue weighted by molar-refractivity contribution is 0.312. The number of ether oxygens (including phenoxy) is 3. The smallest absolute Gasteiger partial charge is 0.159 e. The zero-order chi connectivity index (χ0) is 29.8. The highest BCUT2D eigenvalue weighted by Gasteiger charge is 2.26. The number of nitrogens with zero attached hydrogens (tertiary/aromatic N) is 4. The molecule has 3 aromatic carbocycles. The lowest BCUT2D eigenvalue weighted by Crippen LogP contribution is -2.45. The van der Waals surface area contributed by atoms with Crippen LogP contribution < -0.4 is 24.4 Å². The van der Waals surface area contributed by atoms with Crippen LogP contribution in [-0.2, 0) is 13.0 Å². The number of aromatic nitrogens is 2. The maximum atomic E-state index is 16.4. The molecule has 8 nitrogen and oxygen atoms in total. The van der Waals surface area contributed by atoms with E-state index >= 15 is 8.78 Å². The molecule has 0 unspecified atom stereocenters. The first-order chi connectivity index (χ1) is 20.3. The molecule has 0 atom stereocenters. The highest BCUT2D eigenvalue weighted by molar-refractivity contribution is 6.34. The summed E-state index contributed by atoms with van der Waals surface area (Å²) in [6.07, 6.45) is 0.440. The van der Waals surface area contributed by atoms with Crippen LogP contribution >= 0.6 is 11.6 Å². The van der Waals surface area contributed by atoms with Crippen molar-refractivity contribution in [3.05, 3.63) is 70.5 Å². The van der Waals surface area contributed by atoms with Crippen molar-refractivity contribution in [3.8, 4) is 28.4 Å². The molecule has 0 bridgehead atoms. The molecule has 2 heterocycles. The minimum Gasteiger partial charge on any atom is -0.497 e. The normalized spacial score (nSPS) is 13.9. The molecule has 0 amide bonds. The van der Waals surface area contributed by atoms with Crippen LogP contribution in [0.25, 0.3) is 22.0 Å². The molecule has 1 fully saturated rings. The van der Waals surface area contributed by atoms with E-state index in [1.54, 1.807) is 26.4 Å². The highest BCUT2D eigenvalue weighted by atomic mass is 35.5. The third-order valence-electron chi connectivity index (χ3n) is 7.49. The summed E-state index contributed by atoms with van der Waals surface area (Å²) in [4.78, 5) is 13.9. The number of nitrogens with one attached hydrogen (secondary N) is 1. The first-order valence-corrected chi connectivity index (χ1v) is 14.1. The number of fused-ring (bicyclic) bond motifs is 1. The second kappa shape index (κ2) is 13.1. The third-order valence-corrected chi connectivity index (χ3v) is 7.79. The van der Waals surface area contributed by atoms with E-state index in [0.29, 0.717) is 42.3 Å². The molecule has 5 rings (SSSR count). The molecule has 1 N–H and O–H groups in total. The van der Waals surface area contributed by atoms with E-state index in [9.17, 15) is 0 Å². The first-order valence-electron chi connectivity index (χ1n) is 13.7. The number of benzene rings is 3. The van der Waals surface area contributed by atoms with E-state index in [1.807, 2.05) is 18.2 Å². The molecule has 0 radical (unpaired) electrons. The lowest BCUT2D eigenvalue weighted by atomic mass is 10.0. The summed E-state index contributed by atoms with van der Waals surface area (Å²) in [5.41, 5.74) is 0.939. The molecular weight excluding hydrogens is 564 g/mol. The van der Waals surface area contributed by atoms with E-state index in [0.717, 1.165) is 37.5 Å². The fourth-order valence-electron chi connectivity index (χ4n) is 5.16. The average Bonchev–Trinajstić information content (AvgIpc) is 3.00. The number of hydrogen-bond acceptors (Lipinski definition) is 8. The van der Waals surface area contributed by atoms with Crippen LogP contribution in [0.4, 0.5) is 14.6 Å². The molecule has 0 saturated carbocycles. The van der Waals surface area contributed by atoms with Crippen molar-refractivity contribution in [2.75, 3.05) is 66.0 Å². The van der Waals surface area contributed by atoms with Gasteiger partial charge in [-0.05, 0) is 31.3 Å². The fourth-order valence-corrected chi connectivity index (χ4v) is 5.45.